The van der Waals surface area contributed by atoms with Crippen LogP contribution in [0.25, 0.3) is 0 Å². The zero-order chi connectivity index (χ0) is 11.7. The van der Waals surface area contributed by atoms with E-state index in [1.165, 1.54) is 11.3 Å². The number of hydrogen-bond acceptors (Lipinski definition) is 3. The number of rotatable bonds is 1. The predicted octanol–water partition coefficient (Wildman–Crippen LogP) is 1.65. The lowest BCUT2D eigenvalue weighted by Gasteiger charge is -2.25. The molecular weight excluding hydrogens is 212 g/mol. The summed E-state index contributed by atoms with van der Waals surface area (Å²) in [5.74, 6) is 0.730. The highest BCUT2D eigenvalue weighted by atomic mass is 15.3. The molecule has 0 atom stereocenters. The summed E-state index contributed by atoms with van der Waals surface area (Å²) in [6.45, 7) is 0.765. The van der Waals surface area contributed by atoms with Crippen molar-refractivity contribution in [3.05, 3.63) is 48.3 Å². The smallest absolute Gasteiger partial charge is 0.344 e. The van der Waals surface area contributed by atoms with Crippen LogP contribution < -0.4 is 4.90 Å². The van der Waals surface area contributed by atoms with E-state index < -0.39 is 0 Å². The molecule has 0 fully saturated rings. The number of anilines is 1. The van der Waals surface area contributed by atoms with Gasteiger partial charge in [-0.05, 0) is 6.07 Å². The maximum Gasteiger partial charge on any atom is 0.434 e. The molecule has 1 aromatic carbocycles. The first-order valence-corrected chi connectivity index (χ1v) is 5.53. The Morgan fingerprint density at radius 1 is 1.12 bits per heavy atom. The molecule has 0 aliphatic carbocycles. The fourth-order valence-corrected chi connectivity index (χ4v) is 2.02. The Morgan fingerprint density at radius 3 is 2.71 bits per heavy atom. The van der Waals surface area contributed by atoms with Crippen molar-refractivity contribution in [2.45, 2.75) is 0 Å². The fourth-order valence-electron chi connectivity index (χ4n) is 2.02. The summed E-state index contributed by atoms with van der Waals surface area (Å²) in [6.07, 6.45) is 5.61. The van der Waals surface area contributed by atoms with Gasteiger partial charge in [-0.25, -0.2) is 4.58 Å². The second-order valence-corrected chi connectivity index (χ2v) is 4.05. The quantitative estimate of drug-likeness (QED) is 0.692. The highest BCUT2D eigenvalue weighted by Gasteiger charge is 2.19. The molecule has 4 nitrogen and oxygen atoms in total. The Hall–Kier alpha value is -2.23. The molecule has 0 unspecified atom stereocenters. The summed E-state index contributed by atoms with van der Waals surface area (Å²) in [5, 5.41) is 0. The highest BCUT2D eigenvalue weighted by molar-refractivity contribution is 5.86. The summed E-state index contributed by atoms with van der Waals surface area (Å²) in [6, 6.07) is 10.1. The summed E-state index contributed by atoms with van der Waals surface area (Å²) >= 11 is 0. The third-order valence-electron chi connectivity index (χ3n) is 2.82. The maximum atomic E-state index is 4.27. The maximum absolute atomic E-state index is 4.27. The van der Waals surface area contributed by atoms with Crippen molar-refractivity contribution >= 4 is 17.9 Å². The second kappa shape index (κ2) is 3.97. The Bertz CT molecular complexity index is 563. The van der Waals surface area contributed by atoms with Crippen molar-refractivity contribution in [2.75, 3.05) is 18.6 Å². The predicted molar refractivity (Wildman–Crippen MR) is 66.8 cm³/mol. The van der Waals surface area contributed by atoms with Gasteiger partial charge in [-0.3, -0.25) is 0 Å². The third kappa shape index (κ3) is 1.78. The van der Waals surface area contributed by atoms with E-state index in [1.807, 2.05) is 16.7 Å². The van der Waals surface area contributed by atoms with Gasteiger partial charge in [0.1, 0.15) is 19.1 Å². The van der Waals surface area contributed by atoms with E-state index in [1.54, 1.807) is 12.4 Å². The van der Waals surface area contributed by atoms with Crippen LogP contribution in [0.1, 0.15) is 5.56 Å². The number of fused-ring (bicyclic) bond motifs is 1. The van der Waals surface area contributed by atoms with Crippen LogP contribution in [0.2, 0.25) is 0 Å². The van der Waals surface area contributed by atoms with Gasteiger partial charge in [0, 0.05) is 24.4 Å². The van der Waals surface area contributed by atoms with E-state index in [2.05, 4.69) is 46.3 Å². The average Bonchev–Trinajstić information content (AvgIpc) is 2.40. The minimum Gasteiger partial charge on any atom is -0.344 e. The van der Waals surface area contributed by atoms with E-state index >= 15 is 0 Å². The van der Waals surface area contributed by atoms with E-state index in [0.717, 1.165) is 12.6 Å². The Balaban J connectivity index is 2.08. The van der Waals surface area contributed by atoms with Crippen LogP contribution in [0.5, 0.6) is 0 Å². The van der Waals surface area contributed by atoms with Crippen LogP contribution in [0, 0.1) is 0 Å². The summed E-state index contributed by atoms with van der Waals surface area (Å²) < 4.78 is 2.04. The highest BCUT2D eigenvalue weighted by Crippen LogP contribution is 2.21. The van der Waals surface area contributed by atoms with Crippen molar-refractivity contribution < 1.29 is 4.58 Å². The molecular formula is C13H13N4+. The first-order chi connectivity index (χ1) is 8.34. The van der Waals surface area contributed by atoms with Gasteiger partial charge < -0.3 is 4.90 Å². The van der Waals surface area contributed by atoms with Crippen LogP contribution in [0.4, 0.5) is 11.6 Å². The molecule has 1 aliphatic heterocycles. The molecule has 84 valence electrons. The monoisotopic (exact) mass is 225 g/mol. The molecule has 2 heterocycles. The Labute approximate surface area is 99.9 Å². The lowest BCUT2D eigenvalue weighted by atomic mass is 10.1. The number of hydrogen-bond donors (Lipinski definition) is 0. The Kier molecular flexibility index (Phi) is 2.33. The van der Waals surface area contributed by atoms with Crippen molar-refractivity contribution in [1.82, 2.24) is 9.97 Å². The van der Waals surface area contributed by atoms with Crippen LogP contribution in [0.3, 0.4) is 0 Å². The van der Waals surface area contributed by atoms with Crippen LogP contribution in [-0.4, -0.2) is 34.5 Å². The van der Waals surface area contributed by atoms with Crippen molar-refractivity contribution in [1.29, 1.82) is 0 Å². The summed E-state index contributed by atoms with van der Waals surface area (Å²) in [4.78, 5) is 10.7. The molecule has 0 spiro atoms. The zero-order valence-corrected chi connectivity index (χ0v) is 9.61. The first-order valence-electron chi connectivity index (χ1n) is 5.53. The Morgan fingerprint density at radius 2 is 1.88 bits per heavy atom. The zero-order valence-electron chi connectivity index (χ0n) is 9.61. The molecule has 0 bridgehead atoms. The van der Waals surface area contributed by atoms with Crippen LogP contribution in [-0.2, 0) is 0 Å². The topological polar surface area (TPSA) is 32.0 Å². The van der Waals surface area contributed by atoms with Gasteiger partial charge in [-0.1, -0.05) is 28.2 Å². The number of benzene rings is 1. The van der Waals surface area contributed by atoms with Gasteiger partial charge >= 0.3 is 5.95 Å². The largest absolute Gasteiger partial charge is 0.434 e. The van der Waals surface area contributed by atoms with Gasteiger partial charge in [-0.15, -0.1) is 0 Å². The van der Waals surface area contributed by atoms with Crippen molar-refractivity contribution in [3.63, 3.8) is 0 Å². The third-order valence-corrected chi connectivity index (χ3v) is 2.82. The lowest BCUT2D eigenvalue weighted by Crippen LogP contribution is -2.32. The molecule has 0 N–H and O–H groups in total. The molecule has 17 heavy (non-hydrogen) atoms. The molecule has 0 saturated carbocycles. The molecule has 0 amide bonds. The SMILES string of the molecule is CN1C[N+](c2ncccn2)=Cc2ccccc21. The van der Waals surface area contributed by atoms with Gasteiger partial charge in [0.2, 0.25) is 0 Å². The molecule has 1 aromatic heterocycles. The second-order valence-electron chi connectivity index (χ2n) is 4.05. The fraction of sp³-hybridized carbons (Fsp3) is 0.154. The normalized spacial score (nSPS) is 14.2. The van der Waals surface area contributed by atoms with Gasteiger partial charge in [0.25, 0.3) is 0 Å². The summed E-state index contributed by atoms with van der Waals surface area (Å²) in [7, 11) is 2.07. The van der Waals surface area contributed by atoms with Crippen molar-refractivity contribution in [3.8, 4) is 0 Å². The summed E-state index contributed by atoms with van der Waals surface area (Å²) in [5.41, 5.74) is 2.42. The molecule has 4 heteroatoms. The molecule has 3 rings (SSSR count). The molecule has 0 saturated heterocycles. The average molecular weight is 225 g/mol. The molecule has 0 radical (unpaired) electrons. The van der Waals surface area contributed by atoms with Crippen molar-refractivity contribution in [2.24, 2.45) is 0 Å². The van der Waals surface area contributed by atoms with Gasteiger partial charge in [0.05, 0.1) is 6.21 Å². The minimum atomic E-state index is 0.730. The standard InChI is InChI=1S/C13H13N4/c1-16-10-17(13-14-7-4-8-15-13)9-11-5-2-3-6-12(11)16/h2-9H,10H2,1H3/q+1. The first kappa shape index (κ1) is 9.96. The van der Waals surface area contributed by atoms with Crippen LogP contribution in [0.15, 0.2) is 42.7 Å². The van der Waals surface area contributed by atoms with E-state index in [-0.39, 0.29) is 0 Å². The van der Waals surface area contributed by atoms with Gasteiger partial charge in [0.15, 0.2) is 0 Å². The van der Waals surface area contributed by atoms with E-state index in [4.69, 9.17) is 0 Å². The number of nitrogens with zero attached hydrogens (tertiary/aromatic N) is 4. The van der Waals surface area contributed by atoms with Gasteiger partial charge in [-0.2, -0.15) is 0 Å². The molecule has 1 aliphatic rings. The minimum absolute atomic E-state index is 0.730. The van der Waals surface area contributed by atoms with E-state index in [9.17, 15) is 0 Å². The number of para-hydroxylation sites is 1. The lowest BCUT2D eigenvalue weighted by molar-refractivity contribution is -0.443. The van der Waals surface area contributed by atoms with E-state index in [0.29, 0.717) is 0 Å². The molecule has 2 aromatic rings. The number of aromatic nitrogens is 2. The van der Waals surface area contributed by atoms with Crippen LogP contribution >= 0.6 is 0 Å².